The zero-order chi connectivity index (χ0) is 20.2. The van der Waals surface area contributed by atoms with Crippen LogP contribution in [0.15, 0.2) is 30.7 Å². The Hall–Kier alpha value is -2.54. The summed E-state index contributed by atoms with van der Waals surface area (Å²) in [6.07, 6.45) is 9.51. The zero-order valence-corrected chi connectivity index (χ0v) is 17.3. The standard InChI is InChI=1S/C22H29N5O2/c1-16-20(6-3-9-23-16)29-22-21(24-10-11-25-22)18-5-4-12-27(15-18)19-7-13-26(14-8-19)17(2)28/h3,6,9-11,18-19H,4-5,7-8,12-15H2,1-2H3. The minimum atomic E-state index is 0.187. The molecule has 7 nitrogen and oxygen atoms in total. The van der Waals surface area contributed by atoms with Crippen molar-refractivity contribution in [1.29, 1.82) is 0 Å². The molecule has 2 aliphatic heterocycles. The van der Waals surface area contributed by atoms with Gasteiger partial charge in [-0.15, -0.1) is 0 Å². The topological polar surface area (TPSA) is 71.5 Å². The Labute approximate surface area is 172 Å². The fourth-order valence-corrected chi connectivity index (χ4v) is 4.48. The highest BCUT2D eigenvalue weighted by Gasteiger charge is 2.32. The van der Waals surface area contributed by atoms with Gasteiger partial charge < -0.3 is 9.64 Å². The van der Waals surface area contributed by atoms with Crippen LogP contribution in [0.2, 0.25) is 0 Å². The number of rotatable bonds is 4. The summed E-state index contributed by atoms with van der Waals surface area (Å²) in [4.78, 5) is 29.6. The van der Waals surface area contributed by atoms with Crippen molar-refractivity contribution in [3.05, 3.63) is 42.1 Å². The highest BCUT2D eigenvalue weighted by molar-refractivity contribution is 5.73. The predicted octanol–water partition coefficient (Wildman–Crippen LogP) is 3.16. The molecule has 2 fully saturated rings. The molecule has 4 rings (SSSR count). The molecule has 2 aliphatic rings. The van der Waals surface area contributed by atoms with Crippen LogP contribution in [0.4, 0.5) is 0 Å². The van der Waals surface area contributed by atoms with Gasteiger partial charge in [-0.25, -0.2) is 4.98 Å². The third kappa shape index (κ3) is 4.56. The van der Waals surface area contributed by atoms with Crippen LogP contribution in [0.5, 0.6) is 11.6 Å². The van der Waals surface area contributed by atoms with Crippen molar-refractivity contribution in [2.75, 3.05) is 26.2 Å². The van der Waals surface area contributed by atoms with E-state index >= 15 is 0 Å². The zero-order valence-electron chi connectivity index (χ0n) is 17.3. The number of hydrogen-bond acceptors (Lipinski definition) is 6. The lowest BCUT2D eigenvalue weighted by molar-refractivity contribution is -0.130. The van der Waals surface area contributed by atoms with Crippen LogP contribution in [0, 0.1) is 6.92 Å². The number of pyridine rings is 1. The number of piperidine rings is 2. The summed E-state index contributed by atoms with van der Waals surface area (Å²) in [5, 5.41) is 0. The van der Waals surface area contributed by atoms with Gasteiger partial charge in [-0.05, 0) is 51.3 Å². The molecular formula is C22H29N5O2. The number of carbonyl (C=O) groups excluding carboxylic acids is 1. The van der Waals surface area contributed by atoms with Crippen LogP contribution in [0.3, 0.4) is 0 Å². The Bertz CT molecular complexity index is 851. The summed E-state index contributed by atoms with van der Waals surface area (Å²) in [5.41, 5.74) is 1.77. The molecule has 4 heterocycles. The molecule has 2 saturated heterocycles. The van der Waals surface area contributed by atoms with Gasteiger partial charge in [0.1, 0.15) is 5.69 Å². The van der Waals surface area contributed by atoms with Gasteiger partial charge >= 0.3 is 0 Å². The van der Waals surface area contributed by atoms with Gasteiger partial charge in [-0.1, -0.05) is 0 Å². The smallest absolute Gasteiger partial charge is 0.241 e. The minimum absolute atomic E-state index is 0.187. The average Bonchev–Trinajstić information content (AvgIpc) is 2.76. The van der Waals surface area contributed by atoms with E-state index in [1.165, 1.54) is 0 Å². The number of hydrogen-bond donors (Lipinski definition) is 0. The lowest BCUT2D eigenvalue weighted by atomic mass is 9.91. The van der Waals surface area contributed by atoms with Crippen molar-refractivity contribution in [1.82, 2.24) is 24.8 Å². The van der Waals surface area contributed by atoms with Crippen LogP contribution >= 0.6 is 0 Å². The summed E-state index contributed by atoms with van der Waals surface area (Å²) in [5.74, 6) is 1.79. The Balaban J connectivity index is 1.46. The van der Waals surface area contributed by atoms with Gasteiger partial charge in [0.05, 0.1) is 5.69 Å². The first kappa shape index (κ1) is 19.8. The molecular weight excluding hydrogens is 366 g/mol. The molecule has 0 bridgehead atoms. The molecule has 0 spiro atoms. The number of aryl methyl sites for hydroxylation is 1. The summed E-state index contributed by atoms with van der Waals surface area (Å²) in [6, 6.07) is 4.32. The molecule has 0 radical (unpaired) electrons. The molecule has 7 heteroatoms. The van der Waals surface area contributed by atoms with E-state index in [4.69, 9.17) is 4.74 Å². The number of likely N-dealkylation sites (tertiary alicyclic amines) is 2. The van der Waals surface area contributed by atoms with E-state index in [2.05, 4.69) is 19.9 Å². The van der Waals surface area contributed by atoms with Crippen LogP contribution in [-0.4, -0.2) is 62.9 Å². The summed E-state index contributed by atoms with van der Waals surface area (Å²) >= 11 is 0. The van der Waals surface area contributed by atoms with Crippen LogP contribution in [0.1, 0.15) is 49.9 Å². The van der Waals surface area contributed by atoms with Crippen LogP contribution in [0.25, 0.3) is 0 Å². The number of ether oxygens (including phenoxy) is 1. The molecule has 0 saturated carbocycles. The maximum atomic E-state index is 11.6. The van der Waals surface area contributed by atoms with Crippen molar-refractivity contribution in [2.24, 2.45) is 0 Å². The fraction of sp³-hybridized carbons (Fsp3) is 0.545. The highest BCUT2D eigenvalue weighted by Crippen LogP contribution is 2.34. The number of carbonyl (C=O) groups is 1. The average molecular weight is 396 g/mol. The van der Waals surface area contributed by atoms with E-state index in [0.717, 1.165) is 69.0 Å². The lowest BCUT2D eigenvalue weighted by Crippen LogP contribution is -2.49. The maximum absolute atomic E-state index is 11.6. The van der Waals surface area contributed by atoms with E-state index < -0.39 is 0 Å². The van der Waals surface area contributed by atoms with Gasteiger partial charge in [-0.3, -0.25) is 19.7 Å². The highest BCUT2D eigenvalue weighted by atomic mass is 16.5. The van der Waals surface area contributed by atoms with E-state index in [-0.39, 0.29) is 5.91 Å². The Morgan fingerprint density at radius 3 is 2.62 bits per heavy atom. The van der Waals surface area contributed by atoms with E-state index in [1.54, 1.807) is 25.5 Å². The molecule has 0 N–H and O–H groups in total. The fourth-order valence-electron chi connectivity index (χ4n) is 4.48. The SMILES string of the molecule is CC(=O)N1CCC(N2CCCC(c3nccnc3Oc3cccnc3C)C2)CC1. The first-order valence-corrected chi connectivity index (χ1v) is 10.5. The van der Waals surface area contributed by atoms with E-state index in [9.17, 15) is 4.79 Å². The Morgan fingerprint density at radius 2 is 1.86 bits per heavy atom. The maximum Gasteiger partial charge on any atom is 0.241 e. The lowest BCUT2D eigenvalue weighted by Gasteiger charge is -2.42. The molecule has 0 aromatic carbocycles. The predicted molar refractivity (Wildman–Crippen MR) is 110 cm³/mol. The molecule has 29 heavy (non-hydrogen) atoms. The Kier molecular flexibility index (Phi) is 6.04. The van der Waals surface area contributed by atoms with Gasteiger partial charge in [-0.2, -0.15) is 0 Å². The van der Waals surface area contributed by atoms with Crippen LogP contribution in [-0.2, 0) is 4.79 Å². The third-order valence-electron chi connectivity index (χ3n) is 6.12. The van der Waals surface area contributed by atoms with Gasteiger partial charge in [0.15, 0.2) is 5.75 Å². The largest absolute Gasteiger partial charge is 0.435 e. The van der Waals surface area contributed by atoms with Crippen molar-refractivity contribution in [3.8, 4) is 11.6 Å². The number of amides is 1. The first-order valence-electron chi connectivity index (χ1n) is 10.5. The number of aromatic nitrogens is 3. The van der Waals surface area contributed by atoms with Crippen LogP contribution < -0.4 is 4.74 Å². The quantitative estimate of drug-likeness (QED) is 0.792. The molecule has 1 amide bonds. The van der Waals surface area contributed by atoms with Crippen molar-refractivity contribution in [3.63, 3.8) is 0 Å². The second kappa shape index (κ2) is 8.86. The van der Waals surface area contributed by atoms with E-state index in [1.807, 2.05) is 24.0 Å². The third-order valence-corrected chi connectivity index (χ3v) is 6.12. The van der Waals surface area contributed by atoms with Gasteiger partial charge in [0.2, 0.25) is 11.8 Å². The molecule has 2 aromatic heterocycles. The summed E-state index contributed by atoms with van der Waals surface area (Å²) < 4.78 is 6.12. The summed E-state index contributed by atoms with van der Waals surface area (Å²) in [7, 11) is 0. The van der Waals surface area contributed by atoms with Gasteiger partial charge in [0, 0.05) is 57.1 Å². The second-order valence-corrected chi connectivity index (χ2v) is 8.01. The first-order chi connectivity index (χ1) is 14.1. The van der Waals surface area contributed by atoms with Crippen molar-refractivity contribution >= 4 is 5.91 Å². The molecule has 154 valence electrons. The van der Waals surface area contributed by atoms with Crippen molar-refractivity contribution < 1.29 is 9.53 Å². The van der Waals surface area contributed by atoms with E-state index in [0.29, 0.717) is 17.8 Å². The Morgan fingerprint density at radius 1 is 1.07 bits per heavy atom. The summed E-state index contributed by atoms with van der Waals surface area (Å²) in [6.45, 7) is 7.39. The van der Waals surface area contributed by atoms with Gasteiger partial charge in [0.25, 0.3) is 0 Å². The molecule has 1 atom stereocenters. The van der Waals surface area contributed by atoms with Crippen molar-refractivity contribution in [2.45, 2.75) is 51.5 Å². The molecule has 0 aliphatic carbocycles. The second-order valence-electron chi connectivity index (χ2n) is 8.01. The normalized spacial score (nSPS) is 21.2. The minimum Gasteiger partial charge on any atom is -0.435 e. The molecule has 1 unspecified atom stereocenters. The molecule has 2 aromatic rings. The number of nitrogens with zero attached hydrogens (tertiary/aromatic N) is 5. The monoisotopic (exact) mass is 395 g/mol.